The molecule has 0 N–H and O–H groups in total. The summed E-state index contributed by atoms with van der Waals surface area (Å²) in [7, 11) is 0. The van der Waals surface area contributed by atoms with Crippen molar-refractivity contribution < 1.29 is 0 Å². The quantitative estimate of drug-likeness (QED) is 0.196. The molecular weight excluding hydrogens is 529 g/mol. The Hall–Kier alpha value is -4.86. The SMILES string of the molecule is CC1(C)c2ccccc2-c2ccc(N3c4ccccc4-n4c5ccc6sc7ccccc7c6c5c5cccc3c54)cc21. The number of hydrogen-bond donors (Lipinski definition) is 0. The number of anilines is 3. The van der Waals surface area contributed by atoms with Crippen molar-refractivity contribution in [2.75, 3.05) is 4.90 Å². The molecule has 8 aromatic rings. The molecule has 10 rings (SSSR count). The molecule has 0 unspecified atom stereocenters. The highest BCUT2D eigenvalue weighted by molar-refractivity contribution is 7.26. The van der Waals surface area contributed by atoms with E-state index in [1.165, 1.54) is 87.0 Å². The Morgan fingerprint density at radius 2 is 1.29 bits per heavy atom. The summed E-state index contributed by atoms with van der Waals surface area (Å²) in [5, 5.41) is 5.38. The average molecular weight is 555 g/mol. The van der Waals surface area contributed by atoms with Crippen LogP contribution in [0.25, 0.3) is 58.8 Å². The Bertz CT molecular complexity index is 2460. The molecule has 2 nitrogen and oxygen atoms in total. The summed E-state index contributed by atoms with van der Waals surface area (Å²) in [6, 6.07) is 45.2. The van der Waals surface area contributed by atoms with Gasteiger partial charge in [0.25, 0.3) is 0 Å². The third-order valence-corrected chi connectivity index (χ3v) is 10.8. The Kier molecular flexibility index (Phi) is 4.18. The van der Waals surface area contributed by atoms with Crippen molar-refractivity contribution in [2.24, 2.45) is 0 Å². The Morgan fingerprint density at radius 1 is 0.548 bits per heavy atom. The van der Waals surface area contributed by atoms with Gasteiger partial charge in [0.1, 0.15) is 0 Å². The predicted molar refractivity (Wildman–Crippen MR) is 179 cm³/mol. The predicted octanol–water partition coefficient (Wildman–Crippen LogP) is 11.2. The van der Waals surface area contributed by atoms with Crippen LogP contribution in [0.1, 0.15) is 25.0 Å². The molecule has 0 spiro atoms. The first kappa shape index (κ1) is 22.8. The lowest BCUT2D eigenvalue weighted by atomic mass is 9.82. The van der Waals surface area contributed by atoms with Gasteiger partial charge in [-0.1, -0.05) is 86.6 Å². The van der Waals surface area contributed by atoms with E-state index in [2.05, 4.69) is 145 Å². The van der Waals surface area contributed by atoms with Crippen LogP contribution in [0.5, 0.6) is 0 Å². The highest BCUT2D eigenvalue weighted by Crippen LogP contribution is 2.54. The van der Waals surface area contributed by atoms with Crippen LogP contribution in [0.15, 0.2) is 121 Å². The minimum Gasteiger partial charge on any atom is -0.306 e. The first-order chi connectivity index (χ1) is 20.6. The number of rotatable bonds is 1. The third kappa shape index (κ3) is 2.66. The molecule has 1 aliphatic carbocycles. The minimum atomic E-state index is -0.0518. The summed E-state index contributed by atoms with van der Waals surface area (Å²) in [6.07, 6.45) is 0. The highest BCUT2D eigenvalue weighted by atomic mass is 32.1. The average Bonchev–Trinajstić information content (AvgIpc) is 3.64. The number of benzene rings is 6. The monoisotopic (exact) mass is 554 g/mol. The molecule has 6 aromatic carbocycles. The van der Waals surface area contributed by atoms with Gasteiger partial charge in [-0.25, -0.2) is 0 Å². The fourth-order valence-corrected chi connectivity index (χ4v) is 8.98. The second kappa shape index (κ2) is 7.70. The Labute approximate surface area is 247 Å². The van der Waals surface area contributed by atoms with Crippen LogP contribution in [-0.4, -0.2) is 4.57 Å². The smallest absolute Gasteiger partial charge is 0.0783 e. The molecular formula is C39H26N2S. The first-order valence-electron chi connectivity index (χ1n) is 14.6. The zero-order valence-corrected chi connectivity index (χ0v) is 24.2. The molecule has 3 heteroatoms. The van der Waals surface area contributed by atoms with Crippen molar-refractivity contribution in [2.45, 2.75) is 19.3 Å². The number of nitrogens with zero attached hydrogens (tertiary/aromatic N) is 2. The number of thiophene rings is 1. The number of aromatic nitrogens is 1. The summed E-state index contributed by atoms with van der Waals surface area (Å²) < 4.78 is 5.19. The molecule has 42 heavy (non-hydrogen) atoms. The van der Waals surface area contributed by atoms with E-state index in [9.17, 15) is 0 Å². The van der Waals surface area contributed by atoms with Crippen LogP contribution in [0.4, 0.5) is 17.1 Å². The lowest BCUT2D eigenvalue weighted by molar-refractivity contribution is 0.660. The molecule has 0 saturated carbocycles. The van der Waals surface area contributed by atoms with Crippen molar-refractivity contribution in [1.82, 2.24) is 4.57 Å². The topological polar surface area (TPSA) is 8.17 Å². The van der Waals surface area contributed by atoms with Crippen molar-refractivity contribution >= 4 is 70.4 Å². The van der Waals surface area contributed by atoms with Gasteiger partial charge in [0, 0.05) is 42.0 Å². The van der Waals surface area contributed by atoms with Gasteiger partial charge in [0.2, 0.25) is 0 Å². The first-order valence-corrected chi connectivity index (χ1v) is 15.4. The summed E-state index contributed by atoms with van der Waals surface area (Å²) >= 11 is 1.89. The van der Waals surface area contributed by atoms with Gasteiger partial charge in [-0.3, -0.25) is 0 Å². The Morgan fingerprint density at radius 3 is 2.21 bits per heavy atom. The molecule has 0 saturated heterocycles. The van der Waals surface area contributed by atoms with E-state index in [1.807, 2.05) is 11.3 Å². The lowest BCUT2D eigenvalue weighted by Gasteiger charge is -2.34. The minimum absolute atomic E-state index is 0.0518. The fourth-order valence-electron chi connectivity index (χ4n) is 7.87. The molecule has 0 bridgehead atoms. The second-order valence-corrected chi connectivity index (χ2v) is 13.2. The van der Waals surface area contributed by atoms with Crippen LogP contribution >= 0.6 is 11.3 Å². The molecule has 0 fully saturated rings. The zero-order chi connectivity index (χ0) is 27.7. The van der Waals surface area contributed by atoms with Crippen molar-refractivity contribution in [3.05, 3.63) is 132 Å². The maximum atomic E-state index is 2.50. The molecule has 1 aliphatic heterocycles. The second-order valence-electron chi connectivity index (χ2n) is 12.2. The summed E-state index contributed by atoms with van der Waals surface area (Å²) in [4.78, 5) is 2.48. The van der Waals surface area contributed by atoms with Crippen molar-refractivity contribution in [1.29, 1.82) is 0 Å². The molecule has 3 heterocycles. The van der Waals surface area contributed by atoms with E-state index in [1.54, 1.807) is 0 Å². The summed E-state index contributed by atoms with van der Waals surface area (Å²) in [5.74, 6) is 0. The van der Waals surface area contributed by atoms with Crippen LogP contribution in [0.2, 0.25) is 0 Å². The Balaban J connectivity index is 1.31. The lowest BCUT2D eigenvalue weighted by Crippen LogP contribution is -2.19. The van der Waals surface area contributed by atoms with Crippen LogP contribution in [0, 0.1) is 0 Å². The summed E-state index contributed by atoms with van der Waals surface area (Å²) in [5.41, 5.74) is 12.9. The number of fused-ring (bicyclic) bond motifs is 12. The van der Waals surface area contributed by atoms with Gasteiger partial charge in [0.15, 0.2) is 0 Å². The van der Waals surface area contributed by atoms with Crippen LogP contribution in [0.3, 0.4) is 0 Å². The number of hydrogen-bond acceptors (Lipinski definition) is 2. The van der Waals surface area contributed by atoms with Crippen LogP contribution in [-0.2, 0) is 5.41 Å². The standard InChI is InChI=1S/C39H26N2S/c1-39(2)28-13-5-3-10-24(28)25-19-18-23(22-29(25)39)40-30-14-6-7-15-31(30)41-32-20-21-35-37(26-11-4-8-17-34(26)42-35)36(32)27-12-9-16-33(40)38(27)41/h3-22H,1-2H3. The van der Waals surface area contributed by atoms with E-state index >= 15 is 0 Å². The van der Waals surface area contributed by atoms with E-state index < -0.39 is 0 Å². The van der Waals surface area contributed by atoms with Gasteiger partial charge in [-0.05, 0) is 70.8 Å². The third-order valence-electron chi connectivity index (χ3n) is 9.70. The molecule has 0 atom stereocenters. The molecule has 0 radical (unpaired) electrons. The molecule has 2 aromatic heterocycles. The van der Waals surface area contributed by atoms with Gasteiger partial charge in [-0.15, -0.1) is 11.3 Å². The van der Waals surface area contributed by atoms with Gasteiger partial charge in [-0.2, -0.15) is 0 Å². The van der Waals surface area contributed by atoms with E-state index in [0.29, 0.717) is 0 Å². The normalized spacial score (nSPS) is 14.6. The largest absolute Gasteiger partial charge is 0.306 e. The number of para-hydroxylation sites is 3. The fraction of sp³-hybridized carbons (Fsp3) is 0.0769. The maximum absolute atomic E-state index is 2.50. The zero-order valence-electron chi connectivity index (χ0n) is 23.3. The maximum Gasteiger partial charge on any atom is 0.0783 e. The van der Waals surface area contributed by atoms with Crippen molar-refractivity contribution in [3.63, 3.8) is 0 Å². The van der Waals surface area contributed by atoms with E-state index in [4.69, 9.17) is 0 Å². The van der Waals surface area contributed by atoms with Gasteiger partial charge < -0.3 is 9.47 Å². The van der Waals surface area contributed by atoms with E-state index in [-0.39, 0.29) is 5.41 Å². The highest BCUT2D eigenvalue weighted by Gasteiger charge is 2.36. The van der Waals surface area contributed by atoms with Crippen LogP contribution < -0.4 is 4.90 Å². The summed E-state index contributed by atoms with van der Waals surface area (Å²) in [6.45, 7) is 4.72. The van der Waals surface area contributed by atoms with Gasteiger partial charge in [0.05, 0.1) is 28.1 Å². The van der Waals surface area contributed by atoms with Gasteiger partial charge >= 0.3 is 0 Å². The van der Waals surface area contributed by atoms with E-state index in [0.717, 1.165) is 0 Å². The molecule has 2 aliphatic rings. The molecule has 198 valence electrons. The van der Waals surface area contributed by atoms with Crippen molar-refractivity contribution in [3.8, 4) is 16.8 Å². The molecule has 0 amide bonds.